The summed E-state index contributed by atoms with van der Waals surface area (Å²) >= 11 is 1.02. The molecule has 0 saturated heterocycles. The van der Waals surface area contributed by atoms with E-state index < -0.39 is 24.1 Å². The Morgan fingerprint density at radius 2 is 1.63 bits per heavy atom. The smallest absolute Gasteiger partial charge is 0.407 e. The third-order valence-electron chi connectivity index (χ3n) is 4.72. The van der Waals surface area contributed by atoms with E-state index >= 15 is 0 Å². The van der Waals surface area contributed by atoms with Gasteiger partial charge in [-0.3, -0.25) is 4.79 Å². The van der Waals surface area contributed by atoms with Gasteiger partial charge in [-0.2, -0.15) is 0 Å². The quantitative estimate of drug-likeness (QED) is 0.590. The Kier molecular flexibility index (Phi) is 7.35. The molecule has 1 aliphatic carbocycles. The van der Waals surface area contributed by atoms with Gasteiger partial charge in [-0.1, -0.05) is 48.5 Å². The van der Waals surface area contributed by atoms with Crippen LogP contribution in [0.1, 0.15) is 24.0 Å². The SMILES string of the molecule is CCOC(=O)C(CSCC(=O)O)NC(=O)OCC1c2ccccc2-c2ccccc21. The number of aliphatic carboxylic acids is 1. The summed E-state index contributed by atoms with van der Waals surface area (Å²) in [6.45, 7) is 1.94. The predicted molar refractivity (Wildman–Crippen MR) is 114 cm³/mol. The zero-order valence-corrected chi connectivity index (χ0v) is 17.3. The van der Waals surface area contributed by atoms with Gasteiger partial charge in [0.05, 0.1) is 12.4 Å². The number of hydrogen-bond donors (Lipinski definition) is 2. The summed E-state index contributed by atoms with van der Waals surface area (Å²) in [4.78, 5) is 35.2. The molecule has 0 radical (unpaired) electrons. The minimum absolute atomic E-state index is 0.0787. The number of benzene rings is 2. The van der Waals surface area contributed by atoms with Crippen molar-refractivity contribution in [2.45, 2.75) is 18.9 Å². The number of nitrogens with one attached hydrogen (secondary N) is 1. The van der Waals surface area contributed by atoms with Gasteiger partial charge in [-0.15, -0.1) is 11.8 Å². The molecule has 1 atom stereocenters. The van der Waals surface area contributed by atoms with Gasteiger partial charge in [-0.25, -0.2) is 9.59 Å². The number of ether oxygens (including phenoxy) is 2. The number of rotatable bonds is 9. The molecule has 0 fully saturated rings. The van der Waals surface area contributed by atoms with Crippen molar-refractivity contribution in [1.29, 1.82) is 0 Å². The van der Waals surface area contributed by atoms with Gasteiger partial charge in [0.15, 0.2) is 0 Å². The van der Waals surface area contributed by atoms with Crippen LogP contribution in [0.4, 0.5) is 4.79 Å². The van der Waals surface area contributed by atoms with Crippen molar-refractivity contribution < 1.29 is 29.0 Å². The van der Waals surface area contributed by atoms with Gasteiger partial charge in [0.2, 0.25) is 0 Å². The Morgan fingerprint density at radius 1 is 1.03 bits per heavy atom. The number of amides is 1. The molecule has 0 heterocycles. The van der Waals surface area contributed by atoms with Gasteiger partial charge in [0.1, 0.15) is 12.6 Å². The second kappa shape index (κ2) is 10.2. The topological polar surface area (TPSA) is 102 Å². The van der Waals surface area contributed by atoms with Crippen LogP contribution in [0, 0.1) is 0 Å². The zero-order valence-electron chi connectivity index (χ0n) is 16.5. The largest absolute Gasteiger partial charge is 0.481 e. The first-order valence-electron chi connectivity index (χ1n) is 9.59. The second-order valence-electron chi connectivity index (χ2n) is 6.68. The summed E-state index contributed by atoms with van der Waals surface area (Å²) in [6.07, 6.45) is -0.745. The lowest BCUT2D eigenvalue weighted by Gasteiger charge is -2.18. The Hall–Kier alpha value is -3.00. The molecule has 1 aliphatic rings. The highest BCUT2D eigenvalue weighted by Crippen LogP contribution is 2.44. The molecule has 0 bridgehead atoms. The molecule has 7 nitrogen and oxygen atoms in total. The second-order valence-corrected chi connectivity index (χ2v) is 7.71. The highest BCUT2D eigenvalue weighted by atomic mass is 32.2. The molecular weight excluding hydrogens is 406 g/mol. The van der Waals surface area contributed by atoms with Crippen molar-refractivity contribution >= 4 is 29.8 Å². The minimum atomic E-state index is -0.997. The fraction of sp³-hybridized carbons (Fsp3) is 0.318. The molecule has 8 heteroatoms. The van der Waals surface area contributed by atoms with Gasteiger partial charge >= 0.3 is 18.0 Å². The third kappa shape index (κ3) is 5.13. The number of carbonyl (C=O) groups excluding carboxylic acids is 2. The molecule has 2 aromatic carbocycles. The molecule has 1 unspecified atom stereocenters. The van der Waals surface area contributed by atoms with E-state index in [0.29, 0.717) is 0 Å². The molecular formula is C22H23NO6S. The van der Waals surface area contributed by atoms with Crippen molar-refractivity contribution in [2.24, 2.45) is 0 Å². The average Bonchev–Trinajstić information content (AvgIpc) is 3.05. The van der Waals surface area contributed by atoms with Crippen LogP contribution in [0.3, 0.4) is 0 Å². The highest BCUT2D eigenvalue weighted by molar-refractivity contribution is 8.00. The van der Waals surface area contributed by atoms with Gasteiger partial charge in [0.25, 0.3) is 0 Å². The van der Waals surface area contributed by atoms with Crippen LogP contribution < -0.4 is 5.32 Å². The Morgan fingerprint density at radius 3 is 2.20 bits per heavy atom. The normalized spacial score (nSPS) is 13.1. The minimum Gasteiger partial charge on any atom is -0.481 e. The van der Waals surface area contributed by atoms with Crippen LogP contribution >= 0.6 is 11.8 Å². The van der Waals surface area contributed by atoms with E-state index in [4.69, 9.17) is 14.6 Å². The van der Waals surface area contributed by atoms with Gasteiger partial charge in [-0.05, 0) is 29.2 Å². The molecule has 0 aliphatic heterocycles. The fourth-order valence-corrected chi connectivity index (χ4v) is 4.21. The van der Waals surface area contributed by atoms with Crippen molar-refractivity contribution in [3.05, 3.63) is 59.7 Å². The monoisotopic (exact) mass is 429 g/mol. The van der Waals surface area contributed by atoms with E-state index in [1.54, 1.807) is 6.92 Å². The van der Waals surface area contributed by atoms with E-state index in [2.05, 4.69) is 5.32 Å². The Labute approximate surface area is 178 Å². The molecule has 30 heavy (non-hydrogen) atoms. The van der Waals surface area contributed by atoms with Crippen molar-refractivity contribution in [2.75, 3.05) is 24.7 Å². The molecule has 0 spiro atoms. The van der Waals surface area contributed by atoms with E-state index in [1.807, 2.05) is 48.5 Å². The molecule has 0 aromatic heterocycles. The third-order valence-corrected chi connectivity index (χ3v) is 5.74. The molecule has 0 saturated carbocycles. The number of esters is 1. The first-order chi connectivity index (χ1) is 14.5. The average molecular weight is 429 g/mol. The van der Waals surface area contributed by atoms with E-state index in [1.165, 1.54) is 0 Å². The molecule has 3 rings (SSSR count). The standard InChI is InChI=1S/C22H23NO6S/c1-2-28-21(26)19(12-30-13-20(24)25)23-22(27)29-11-18-16-9-5-3-7-14(16)15-8-4-6-10-17(15)18/h3-10,18-19H,2,11-13H2,1H3,(H,23,27)(H,24,25). The number of hydrogen-bond acceptors (Lipinski definition) is 6. The number of carboxylic acid groups (broad SMARTS) is 1. The maximum atomic E-state index is 12.4. The first-order valence-corrected chi connectivity index (χ1v) is 10.7. The van der Waals surface area contributed by atoms with Gasteiger partial charge in [0, 0.05) is 11.7 Å². The van der Waals surface area contributed by atoms with E-state index in [0.717, 1.165) is 34.0 Å². The van der Waals surface area contributed by atoms with Crippen LogP contribution in [0.5, 0.6) is 0 Å². The molecule has 1 amide bonds. The molecule has 158 valence electrons. The van der Waals surface area contributed by atoms with Crippen LogP contribution in [-0.2, 0) is 19.1 Å². The van der Waals surface area contributed by atoms with Crippen molar-refractivity contribution in [1.82, 2.24) is 5.32 Å². The van der Waals surface area contributed by atoms with Crippen LogP contribution in [0.2, 0.25) is 0 Å². The number of thioether (sulfide) groups is 1. The van der Waals surface area contributed by atoms with Crippen LogP contribution in [0.15, 0.2) is 48.5 Å². The maximum Gasteiger partial charge on any atom is 0.407 e. The fourth-order valence-electron chi connectivity index (χ4n) is 3.46. The zero-order chi connectivity index (χ0) is 21.5. The summed E-state index contributed by atoms with van der Waals surface area (Å²) in [5.41, 5.74) is 4.42. The Bertz CT molecular complexity index is 886. The summed E-state index contributed by atoms with van der Waals surface area (Å²) in [5.74, 6) is -1.81. The summed E-state index contributed by atoms with van der Waals surface area (Å²) in [7, 11) is 0. The summed E-state index contributed by atoms with van der Waals surface area (Å²) in [6, 6.07) is 15.0. The van der Waals surface area contributed by atoms with Gasteiger partial charge < -0.3 is 19.9 Å². The highest BCUT2D eigenvalue weighted by Gasteiger charge is 2.30. The van der Waals surface area contributed by atoms with E-state index in [9.17, 15) is 14.4 Å². The number of carbonyl (C=O) groups is 3. The lowest BCUT2D eigenvalue weighted by Crippen LogP contribution is -2.44. The number of carboxylic acids is 1. The molecule has 2 N–H and O–H groups in total. The van der Waals surface area contributed by atoms with E-state index in [-0.39, 0.29) is 30.6 Å². The maximum absolute atomic E-state index is 12.4. The van der Waals surface area contributed by atoms with Crippen LogP contribution in [0.25, 0.3) is 11.1 Å². The van der Waals surface area contributed by atoms with Crippen molar-refractivity contribution in [3.8, 4) is 11.1 Å². The Balaban J connectivity index is 1.64. The first kappa shape index (κ1) is 21.7. The lowest BCUT2D eigenvalue weighted by atomic mass is 9.98. The lowest BCUT2D eigenvalue weighted by molar-refractivity contribution is -0.145. The summed E-state index contributed by atoms with van der Waals surface area (Å²) < 4.78 is 10.4. The predicted octanol–water partition coefficient (Wildman–Crippen LogP) is 3.27. The number of alkyl carbamates (subject to hydrolysis) is 1. The van der Waals surface area contributed by atoms with Crippen molar-refractivity contribution in [3.63, 3.8) is 0 Å². The molecule has 2 aromatic rings. The summed E-state index contributed by atoms with van der Waals surface area (Å²) in [5, 5.41) is 11.3. The van der Waals surface area contributed by atoms with Crippen LogP contribution in [-0.4, -0.2) is 53.9 Å². The number of fused-ring (bicyclic) bond motifs is 3.